The number of carbonyl (C=O) groups excluding carboxylic acids is 1. The van der Waals surface area contributed by atoms with Gasteiger partial charge in [0.15, 0.2) is 0 Å². The smallest absolute Gasteiger partial charge is 0.337 e. The van der Waals surface area contributed by atoms with Gasteiger partial charge in [0.05, 0.1) is 18.4 Å². The molecule has 1 fully saturated rings. The molecular weight excluding hydrogens is 364 g/mol. The van der Waals surface area contributed by atoms with Gasteiger partial charge in [-0.25, -0.2) is 13.2 Å². The molecule has 0 bridgehead atoms. The van der Waals surface area contributed by atoms with Crippen molar-refractivity contribution in [2.24, 2.45) is 0 Å². The molecule has 0 spiro atoms. The monoisotopic (exact) mass is 388 g/mol. The zero-order valence-corrected chi connectivity index (χ0v) is 16.2. The van der Waals surface area contributed by atoms with Crippen molar-refractivity contribution in [1.82, 2.24) is 4.31 Å². The van der Waals surface area contributed by atoms with Crippen LogP contribution in [0.15, 0.2) is 54.6 Å². The van der Waals surface area contributed by atoms with Crippen LogP contribution in [-0.2, 0) is 21.2 Å². The first kappa shape index (κ1) is 19.4. The molecule has 0 radical (unpaired) electrons. The summed E-state index contributed by atoms with van der Waals surface area (Å²) in [5.74, 6) is -0.256. The van der Waals surface area contributed by atoms with E-state index in [1.807, 2.05) is 42.5 Å². The highest BCUT2D eigenvalue weighted by molar-refractivity contribution is 7.89. The molecule has 3 rings (SSSR count). The fourth-order valence-corrected chi connectivity index (χ4v) is 4.66. The van der Waals surface area contributed by atoms with E-state index in [1.165, 1.54) is 7.11 Å². The highest BCUT2D eigenvalue weighted by atomic mass is 32.2. The van der Waals surface area contributed by atoms with E-state index in [1.54, 1.807) is 16.4 Å². The summed E-state index contributed by atoms with van der Waals surface area (Å²) >= 11 is 0. The third-order valence-electron chi connectivity index (χ3n) is 4.76. The van der Waals surface area contributed by atoms with Crippen molar-refractivity contribution in [3.05, 3.63) is 65.7 Å². The van der Waals surface area contributed by atoms with Crippen LogP contribution in [0.25, 0.3) is 0 Å². The summed E-state index contributed by atoms with van der Waals surface area (Å²) < 4.78 is 31.6. The molecule has 0 atom stereocenters. The van der Waals surface area contributed by atoms with Crippen molar-refractivity contribution in [3.63, 3.8) is 0 Å². The molecule has 0 aliphatic carbocycles. The summed E-state index contributed by atoms with van der Waals surface area (Å²) in [6, 6.07) is 16.9. The standard InChI is InChI=1S/C20H24N2O4S/c1-26-20(23)18-8-5-9-19(16-18)21-11-13-22(14-12-21)27(24,25)15-10-17-6-3-2-4-7-17/h2-9,16H,10-15H2,1H3. The van der Waals surface area contributed by atoms with E-state index in [2.05, 4.69) is 4.90 Å². The number of ether oxygens (including phenoxy) is 1. The Balaban J connectivity index is 1.59. The van der Waals surface area contributed by atoms with Crippen LogP contribution >= 0.6 is 0 Å². The molecular formula is C20H24N2O4S. The van der Waals surface area contributed by atoms with Crippen LogP contribution in [0.1, 0.15) is 15.9 Å². The fraction of sp³-hybridized carbons (Fsp3) is 0.350. The van der Waals surface area contributed by atoms with E-state index in [9.17, 15) is 13.2 Å². The highest BCUT2D eigenvalue weighted by Gasteiger charge is 2.27. The minimum absolute atomic E-state index is 0.120. The Labute approximate surface area is 160 Å². The molecule has 0 aromatic heterocycles. The zero-order chi connectivity index (χ0) is 19.3. The lowest BCUT2D eigenvalue weighted by molar-refractivity contribution is 0.0600. The Hall–Kier alpha value is -2.38. The number of piperazine rings is 1. The van der Waals surface area contributed by atoms with Crippen molar-refractivity contribution in [2.45, 2.75) is 6.42 Å². The third kappa shape index (κ3) is 4.87. The van der Waals surface area contributed by atoms with E-state index in [-0.39, 0.29) is 11.7 Å². The van der Waals surface area contributed by atoms with Gasteiger partial charge >= 0.3 is 5.97 Å². The van der Waals surface area contributed by atoms with E-state index in [0.717, 1.165) is 11.3 Å². The second-order valence-corrected chi connectivity index (χ2v) is 8.57. The SMILES string of the molecule is COC(=O)c1cccc(N2CCN(S(=O)(=O)CCc3ccccc3)CC2)c1. The topological polar surface area (TPSA) is 66.9 Å². The van der Waals surface area contributed by atoms with Gasteiger partial charge in [-0.2, -0.15) is 4.31 Å². The summed E-state index contributed by atoms with van der Waals surface area (Å²) in [7, 11) is -1.92. The molecule has 1 aliphatic heterocycles. The highest BCUT2D eigenvalue weighted by Crippen LogP contribution is 2.20. The number of sulfonamides is 1. The van der Waals surface area contributed by atoms with Crippen LogP contribution in [0.3, 0.4) is 0 Å². The third-order valence-corrected chi connectivity index (χ3v) is 6.63. The number of esters is 1. The molecule has 0 unspecified atom stereocenters. The minimum atomic E-state index is -3.28. The maximum atomic E-state index is 12.6. The average Bonchev–Trinajstić information content (AvgIpc) is 2.73. The van der Waals surface area contributed by atoms with E-state index in [0.29, 0.717) is 38.2 Å². The molecule has 27 heavy (non-hydrogen) atoms. The Morgan fingerprint density at radius 2 is 1.70 bits per heavy atom. The normalized spacial score (nSPS) is 15.5. The maximum Gasteiger partial charge on any atom is 0.337 e. The molecule has 1 heterocycles. The van der Waals surface area contributed by atoms with Crippen LogP contribution in [0.2, 0.25) is 0 Å². The minimum Gasteiger partial charge on any atom is -0.465 e. The van der Waals surface area contributed by atoms with Crippen LogP contribution in [-0.4, -0.2) is 57.7 Å². The van der Waals surface area contributed by atoms with Gasteiger partial charge in [0.1, 0.15) is 0 Å². The number of rotatable bonds is 6. The van der Waals surface area contributed by atoms with Gasteiger partial charge in [-0.3, -0.25) is 0 Å². The Bertz CT molecular complexity index is 876. The quantitative estimate of drug-likeness (QED) is 0.710. The molecule has 1 saturated heterocycles. The van der Waals surface area contributed by atoms with Crippen LogP contribution < -0.4 is 4.90 Å². The number of aryl methyl sites for hydroxylation is 1. The summed E-state index contributed by atoms with van der Waals surface area (Å²) in [4.78, 5) is 13.8. The Kier molecular flexibility index (Phi) is 6.13. The number of hydrogen-bond donors (Lipinski definition) is 0. The molecule has 144 valence electrons. The molecule has 7 heteroatoms. The summed E-state index contributed by atoms with van der Waals surface area (Å²) in [5.41, 5.74) is 2.42. The van der Waals surface area contributed by atoms with E-state index in [4.69, 9.17) is 4.74 Å². The second-order valence-electron chi connectivity index (χ2n) is 6.48. The summed E-state index contributed by atoms with van der Waals surface area (Å²) in [6.07, 6.45) is 0.518. The van der Waals surface area contributed by atoms with Gasteiger partial charge in [-0.1, -0.05) is 36.4 Å². The predicted molar refractivity (Wildman–Crippen MR) is 106 cm³/mol. The molecule has 1 aliphatic rings. The van der Waals surface area contributed by atoms with Crippen molar-refractivity contribution in [2.75, 3.05) is 43.9 Å². The number of benzene rings is 2. The average molecular weight is 388 g/mol. The van der Waals surface area contributed by atoms with Crippen LogP contribution in [0.4, 0.5) is 5.69 Å². The number of carbonyl (C=O) groups is 1. The van der Waals surface area contributed by atoms with Gasteiger partial charge in [-0.05, 0) is 30.2 Å². The first-order valence-corrected chi connectivity index (χ1v) is 10.6. The molecule has 0 saturated carbocycles. The second kappa shape index (κ2) is 8.54. The lowest BCUT2D eigenvalue weighted by Crippen LogP contribution is -2.49. The molecule has 6 nitrogen and oxygen atoms in total. The zero-order valence-electron chi connectivity index (χ0n) is 15.4. The van der Waals surface area contributed by atoms with Gasteiger partial charge in [0, 0.05) is 31.9 Å². The first-order chi connectivity index (χ1) is 13.0. The Morgan fingerprint density at radius 3 is 2.37 bits per heavy atom. The van der Waals surface area contributed by atoms with Crippen molar-refractivity contribution >= 4 is 21.7 Å². The van der Waals surface area contributed by atoms with Gasteiger partial charge in [0.25, 0.3) is 0 Å². The fourth-order valence-electron chi connectivity index (χ4n) is 3.19. The van der Waals surface area contributed by atoms with Crippen molar-refractivity contribution < 1.29 is 17.9 Å². The first-order valence-electron chi connectivity index (χ1n) is 8.95. The van der Waals surface area contributed by atoms with Gasteiger partial charge in [0.2, 0.25) is 10.0 Å². The predicted octanol–water partition coefficient (Wildman–Crippen LogP) is 2.17. The van der Waals surface area contributed by atoms with Crippen molar-refractivity contribution in [3.8, 4) is 0 Å². The van der Waals surface area contributed by atoms with Crippen molar-refractivity contribution in [1.29, 1.82) is 0 Å². The lowest BCUT2D eigenvalue weighted by Gasteiger charge is -2.35. The lowest BCUT2D eigenvalue weighted by atomic mass is 10.2. The van der Waals surface area contributed by atoms with Crippen LogP contribution in [0, 0.1) is 0 Å². The Morgan fingerprint density at radius 1 is 1.00 bits per heavy atom. The van der Waals surface area contributed by atoms with E-state index < -0.39 is 10.0 Å². The largest absolute Gasteiger partial charge is 0.465 e. The van der Waals surface area contributed by atoms with Gasteiger partial charge in [-0.15, -0.1) is 0 Å². The van der Waals surface area contributed by atoms with E-state index >= 15 is 0 Å². The van der Waals surface area contributed by atoms with Crippen LogP contribution in [0.5, 0.6) is 0 Å². The summed E-state index contributed by atoms with van der Waals surface area (Å²) in [6.45, 7) is 2.07. The number of hydrogen-bond acceptors (Lipinski definition) is 5. The molecule has 0 amide bonds. The number of anilines is 1. The number of nitrogens with zero attached hydrogens (tertiary/aromatic N) is 2. The molecule has 0 N–H and O–H groups in total. The molecule has 2 aromatic rings. The molecule has 2 aromatic carbocycles. The number of methoxy groups -OCH3 is 1. The summed E-state index contributed by atoms with van der Waals surface area (Å²) in [5, 5.41) is 0. The van der Waals surface area contributed by atoms with Gasteiger partial charge < -0.3 is 9.64 Å². The maximum absolute atomic E-state index is 12.6.